The quantitative estimate of drug-likeness (QED) is 0.702. The monoisotopic (exact) mass is 390 g/mol. The van der Waals surface area contributed by atoms with Gasteiger partial charge in [-0.2, -0.15) is 8.78 Å². The van der Waals surface area contributed by atoms with Gasteiger partial charge in [-0.3, -0.25) is 9.59 Å². The molecule has 0 bridgehead atoms. The SMILES string of the molecule is COc1ccc(NC(=O)CN(C)C(=O)/C=C/c2ccccc2OC(F)F)cc1. The smallest absolute Gasteiger partial charge is 0.387 e. The molecule has 28 heavy (non-hydrogen) atoms. The number of hydrogen-bond donors (Lipinski definition) is 1. The summed E-state index contributed by atoms with van der Waals surface area (Å²) in [5.41, 5.74) is 0.896. The molecule has 0 aliphatic heterocycles. The molecule has 0 unspecified atom stereocenters. The van der Waals surface area contributed by atoms with Crippen LogP contribution in [0.1, 0.15) is 5.56 Å². The number of halogens is 2. The number of methoxy groups -OCH3 is 1. The largest absolute Gasteiger partial charge is 0.497 e. The van der Waals surface area contributed by atoms with E-state index in [0.29, 0.717) is 17.0 Å². The lowest BCUT2D eigenvalue weighted by Gasteiger charge is -2.15. The van der Waals surface area contributed by atoms with E-state index in [1.165, 1.54) is 36.2 Å². The highest BCUT2D eigenvalue weighted by Gasteiger charge is 2.12. The number of benzene rings is 2. The first-order valence-electron chi connectivity index (χ1n) is 8.30. The Bertz CT molecular complexity index is 838. The van der Waals surface area contributed by atoms with E-state index in [1.54, 1.807) is 43.5 Å². The number of carbonyl (C=O) groups is 2. The van der Waals surface area contributed by atoms with Crippen molar-refractivity contribution < 1.29 is 27.8 Å². The molecule has 0 heterocycles. The zero-order valence-electron chi connectivity index (χ0n) is 15.4. The predicted molar refractivity (Wildman–Crippen MR) is 101 cm³/mol. The van der Waals surface area contributed by atoms with Crippen LogP contribution in [0.2, 0.25) is 0 Å². The fraction of sp³-hybridized carbons (Fsp3) is 0.200. The number of rotatable bonds is 8. The number of alkyl halides is 2. The Hall–Kier alpha value is -3.42. The predicted octanol–water partition coefficient (Wildman–Crippen LogP) is 3.41. The summed E-state index contributed by atoms with van der Waals surface area (Å²) in [6.07, 6.45) is 2.55. The van der Waals surface area contributed by atoms with Crippen molar-refractivity contribution in [2.75, 3.05) is 26.0 Å². The summed E-state index contributed by atoms with van der Waals surface area (Å²) in [5, 5.41) is 2.67. The van der Waals surface area contributed by atoms with Crippen molar-refractivity contribution in [3.63, 3.8) is 0 Å². The first-order valence-corrected chi connectivity index (χ1v) is 8.30. The summed E-state index contributed by atoms with van der Waals surface area (Å²) in [6, 6.07) is 12.9. The molecule has 0 saturated carbocycles. The molecule has 2 aromatic rings. The number of carbonyl (C=O) groups excluding carboxylic acids is 2. The van der Waals surface area contributed by atoms with Gasteiger partial charge in [-0.1, -0.05) is 18.2 Å². The van der Waals surface area contributed by atoms with E-state index < -0.39 is 12.5 Å². The summed E-state index contributed by atoms with van der Waals surface area (Å²) in [4.78, 5) is 25.4. The van der Waals surface area contributed by atoms with Crippen LogP contribution in [0.4, 0.5) is 14.5 Å². The van der Waals surface area contributed by atoms with Crippen molar-refractivity contribution >= 4 is 23.6 Å². The van der Waals surface area contributed by atoms with Crippen LogP contribution in [0.15, 0.2) is 54.6 Å². The van der Waals surface area contributed by atoms with Crippen LogP contribution < -0.4 is 14.8 Å². The molecule has 1 N–H and O–H groups in total. The molecule has 0 aromatic heterocycles. The van der Waals surface area contributed by atoms with E-state index in [0.717, 1.165) is 0 Å². The first-order chi connectivity index (χ1) is 13.4. The minimum absolute atomic E-state index is 0.0403. The van der Waals surface area contributed by atoms with Crippen molar-refractivity contribution in [1.82, 2.24) is 4.90 Å². The van der Waals surface area contributed by atoms with Gasteiger partial charge < -0.3 is 19.7 Å². The molecule has 2 amide bonds. The Kier molecular flexibility index (Phi) is 7.50. The molecule has 0 aliphatic rings. The van der Waals surface area contributed by atoms with Gasteiger partial charge in [0.05, 0.1) is 13.7 Å². The number of amides is 2. The number of likely N-dealkylation sites (N-methyl/N-ethyl adjacent to an activating group) is 1. The highest BCUT2D eigenvalue weighted by Crippen LogP contribution is 2.21. The lowest BCUT2D eigenvalue weighted by molar-refractivity contribution is -0.129. The lowest BCUT2D eigenvalue weighted by atomic mass is 10.2. The second kappa shape index (κ2) is 10.1. The number of ether oxygens (including phenoxy) is 2. The zero-order chi connectivity index (χ0) is 20.5. The van der Waals surface area contributed by atoms with Crippen molar-refractivity contribution in [1.29, 1.82) is 0 Å². The molecule has 0 radical (unpaired) electrons. The van der Waals surface area contributed by atoms with Crippen LogP contribution in [0.5, 0.6) is 11.5 Å². The maximum Gasteiger partial charge on any atom is 0.387 e. The van der Waals surface area contributed by atoms with Gasteiger partial charge in [0.15, 0.2) is 0 Å². The van der Waals surface area contributed by atoms with E-state index >= 15 is 0 Å². The fourth-order valence-electron chi connectivity index (χ4n) is 2.28. The molecular weight excluding hydrogens is 370 g/mol. The van der Waals surface area contributed by atoms with Gasteiger partial charge in [0.25, 0.3) is 0 Å². The van der Waals surface area contributed by atoms with Gasteiger partial charge in [-0.15, -0.1) is 0 Å². The molecule has 0 spiro atoms. The van der Waals surface area contributed by atoms with Gasteiger partial charge >= 0.3 is 6.61 Å². The number of anilines is 1. The van der Waals surface area contributed by atoms with Gasteiger partial charge in [-0.25, -0.2) is 0 Å². The average Bonchev–Trinajstić information content (AvgIpc) is 2.67. The molecule has 0 saturated heterocycles. The lowest BCUT2D eigenvalue weighted by Crippen LogP contribution is -2.33. The Morgan fingerprint density at radius 1 is 1.14 bits per heavy atom. The van der Waals surface area contributed by atoms with Crippen LogP contribution in [0.25, 0.3) is 6.08 Å². The summed E-state index contributed by atoms with van der Waals surface area (Å²) < 4.78 is 34.3. The molecule has 148 valence electrons. The molecule has 6 nitrogen and oxygen atoms in total. The van der Waals surface area contributed by atoms with E-state index in [4.69, 9.17) is 4.74 Å². The van der Waals surface area contributed by atoms with Gasteiger partial charge in [0.2, 0.25) is 11.8 Å². The molecular formula is C20H20F2N2O4. The van der Waals surface area contributed by atoms with Crippen LogP contribution in [0, 0.1) is 0 Å². The summed E-state index contributed by atoms with van der Waals surface area (Å²) in [5.74, 6) is -0.222. The second-order valence-corrected chi connectivity index (χ2v) is 5.72. The molecule has 8 heteroatoms. The van der Waals surface area contributed by atoms with E-state index in [1.807, 2.05) is 0 Å². The van der Waals surface area contributed by atoms with Crippen molar-refractivity contribution in [2.24, 2.45) is 0 Å². The van der Waals surface area contributed by atoms with Gasteiger partial charge in [0, 0.05) is 24.4 Å². The molecule has 0 aliphatic carbocycles. The third kappa shape index (κ3) is 6.39. The van der Waals surface area contributed by atoms with Crippen LogP contribution >= 0.6 is 0 Å². The topological polar surface area (TPSA) is 67.9 Å². The molecule has 0 fully saturated rings. The maximum absolute atomic E-state index is 12.4. The zero-order valence-corrected chi connectivity index (χ0v) is 15.4. The third-order valence-electron chi connectivity index (χ3n) is 3.67. The number of nitrogens with one attached hydrogen (secondary N) is 1. The minimum Gasteiger partial charge on any atom is -0.497 e. The van der Waals surface area contributed by atoms with Crippen LogP contribution in [-0.4, -0.2) is 44.0 Å². The molecule has 2 rings (SSSR count). The number of hydrogen-bond acceptors (Lipinski definition) is 4. The highest BCUT2D eigenvalue weighted by atomic mass is 19.3. The second-order valence-electron chi connectivity index (χ2n) is 5.72. The summed E-state index contributed by atoms with van der Waals surface area (Å²) >= 11 is 0. The third-order valence-corrected chi connectivity index (χ3v) is 3.67. The van der Waals surface area contributed by atoms with Crippen molar-refractivity contribution in [2.45, 2.75) is 6.61 Å². The standard InChI is InChI=1S/C20H20F2N2O4/c1-24(13-18(25)23-15-8-10-16(27-2)11-9-15)19(26)12-7-14-5-3-4-6-17(14)28-20(21)22/h3-12,20H,13H2,1-2H3,(H,23,25)/b12-7+. The molecule has 2 aromatic carbocycles. The normalized spacial score (nSPS) is 10.8. The van der Waals surface area contributed by atoms with E-state index in [9.17, 15) is 18.4 Å². The van der Waals surface area contributed by atoms with Crippen molar-refractivity contribution in [3.8, 4) is 11.5 Å². The Morgan fingerprint density at radius 2 is 1.82 bits per heavy atom. The van der Waals surface area contributed by atoms with Gasteiger partial charge in [-0.05, 0) is 36.4 Å². The Morgan fingerprint density at radius 3 is 2.46 bits per heavy atom. The summed E-state index contributed by atoms with van der Waals surface area (Å²) in [6.45, 7) is -3.14. The van der Waals surface area contributed by atoms with E-state index in [2.05, 4.69) is 10.1 Å². The highest BCUT2D eigenvalue weighted by molar-refractivity contribution is 5.98. The van der Waals surface area contributed by atoms with Crippen molar-refractivity contribution in [3.05, 3.63) is 60.2 Å². The first kappa shape index (κ1) is 20.9. The fourth-order valence-corrected chi connectivity index (χ4v) is 2.28. The van der Waals surface area contributed by atoms with E-state index in [-0.39, 0.29) is 18.2 Å². The van der Waals surface area contributed by atoms with Gasteiger partial charge in [0.1, 0.15) is 11.5 Å². The maximum atomic E-state index is 12.4. The number of nitrogens with zero attached hydrogens (tertiary/aromatic N) is 1. The molecule has 0 atom stereocenters. The Labute approximate surface area is 161 Å². The van der Waals surface area contributed by atoms with Crippen LogP contribution in [-0.2, 0) is 9.59 Å². The average molecular weight is 390 g/mol. The number of para-hydroxylation sites is 1. The van der Waals surface area contributed by atoms with Crippen LogP contribution in [0.3, 0.4) is 0 Å². The summed E-state index contributed by atoms with van der Waals surface area (Å²) in [7, 11) is 3.00. The minimum atomic E-state index is -2.96. The Balaban J connectivity index is 1.93.